The minimum Gasteiger partial charge on any atom is -0.340 e. The number of hydrogen-bond donors (Lipinski definition) is 1. The molecule has 0 aliphatic rings. The summed E-state index contributed by atoms with van der Waals surface area (Å²) in [6.45, 7) is 0.548. The summed E-state index contributed by atoms with van der Waals surface area (Å²) in [5, 5.41) is 10.4. The van der Waals surface area contributed by atoms with Crippen LogP contribution >= 0.6 is 0 Å². The van der Waals surface area contributed by atoms with Gasteiger partial charge in [0.2, 0.25) is 0 Å². The van der Waals surface area contributed by atoms with Crippen LogP contribution in [0.4, 0.5) is 10.1 Å². The third-order valence-electron chi connectivity index (χ3n) is 2.21. The van der Waals surface area contributed by atoms with Gasteiger partial charge in [0.05, 0.1) is 16.6 Å². The zero-order valence-electron chi connectivity index (χ0n) is 9.22. The van der Waals surface area contributed by atoms with E-state index in [2.05, 4.69) is 0 Å². The van der Waals surface area contributed by atoms with Gasteiger partial charge in [-0.1, -0.05) is 0 Å². The molecule has 0 radical (unpaired) electrons. The van der Waals surface area contributed by atoms with E-state index in [0.717, 1.165) is 18.2 Å². The van der Waals surface area contributed by atoms with E-state index < -0.39 is 16.6 Å². The maximum atomic E-state index is 13.5. The molecule has 1 aromatic rings. The van der Waals surface area contributed by atoms with Gasteiger partial charge in [-0.05, 0) is 6.07 Å². The van der Waals surface area contributed by atoms with Crippen molar-refractivity contribution in [2.45, 2.75) is 0 Å². The number of amides is 1. The highest BCUT2D eigenvalue weighted by atomic mass is 19.1. The van der Waals surface area contributed by atoms with Crippen LogP contribution in [-0.4, -0.2) is 35.9 Å². The molecule has 7 heteroatoms. The summed E-state index contributed by atoms with van der Waals surface area (Å²) in [6, 6.07) is 2.92. The molecule has 0 aromatic heterocycles. The van der Waals surface area contributed by atoms with Crippen LogP contribution in [0.1, 0.15) is 10.4 Å². The monoisotopic (exact) mass is 241 g/mol. The molecule has 0 aliphatic heterocycles. The highest BCUT2D eigenvalue weighted by Crippen LogP contribution is 2.17. The lowest BCUT2D eigenvalue weighted by Crippen LogP contribution is -2.32. The summed E-state index contributed by atoms with van der Waals surface area (Å²) in [5.41, 5.74) is 4.68. The first-order valence-electron chi connectivity index (χ1n) is 4.87. The molecule has 1 aromatic carbocycles. The smallest absolute Gasteiger partial charge is 0.272 e. The largest absolute Gasteiger partial charge is 0.340 e. The first-order valence-corrected chi connectivity index (χ1v) is 4.87. The van der Waals surface area contributed by atoms with E-state index >= 15 is 0 Å². The number of halogens is 1. The Morgan fingerprint density at radius 1 is 1.59 bits per heavy atom. The normalized spacial score (nSPS) is 10.1. The SMILES string of the molecule is CN(CCN)C(=O)c1ccc([N+](=O)[O-])cc1F. The zero-order valence-corrected chi connectivity index (χ0v) is 9.22. The molecule has 17 heavy (non-hydrogen) atoms. The van der Waals surface area contributed by atoms with Crippen molar-refractivity contribution < 1.29 is 14.1 Å². The highest BCUT2D eigenvalue weighted by molar-refractivity contribution is 5.94. The fourth-order valence-corrected chi connectivity index (χ4v) is 1.29. The first-order chi connectivity index (χ1) is 7.97. The third-order valence-corrected chi connectivity index (χ3v) is 2.21. The van der Waals surface area contributed by atoms with Gasteiger partial charge in [-0.25, -0.2) is 4.39 Å². The Morgan fingerprint density at radius 3 is 2.71 bits per heavy atom. The van der Waals surface area contributed by atoms with Gasteiger partial charge in [-0.2, -0.15) is 0 Å². The van der Waals surface area contributed by atoms with Crippen molar-refractivity contribution in [2.75, 3.05) is 20.1 Å². The Labute approximate surface area is 97.0 Å². The Bertz CT molecular complexity index is 450. The second kappa shape index (κ2) is 5.35. The lowest BCUT2D eigenvalue weighted by atomic mass is 10.1. The maximum Gasteiger partial charge on any atom is 0.272 e. The van der Waals surface area contributed by atoms with Crippen LogP contribution in [0.15, 0.2) is 18.2 Å². The fraction of sp³-hybridized carbons (Fsp3) is 0.300. The fourth-order valence-electron chi connectivity index (χ4n) is 1.29. The van der Waals surface area contributed by atoms with Gasteiger partial charge in [0, 0.05) is 26.2 Å². The van der Waals surface area contributed by atoms with Crippen molar-refractivity contribution in [2.24, 2.45) is 5.73 Å². The number of nitrogens with zero attached hydrogens (tertiary/aromatic N) is 2. The summed E-state index contributed by atoms with van der Waals surface area (Å²) in [5.74, 6) is -1.46. The molecule has 0 saturated carbocycles. The van der Waals surface area contributed by atoms with Crippen molar-refractivity contribution in [1.29, 1.82) is 0 Å². The number of non-ortho nitro benzene ring substituents is 1. The number of likely N-dealkylation sites (N-methyl/N-ethyl adjacent to an activating group) is 1. The predicted octanol–water partition coefficient (Wildman–Crippen LogP) is 0.765. The molecule has 0 bridgehead atoms. The summed E-state index contributed by atoms with van der Waals surface area (Å²) in [7, 11) is 1.48. The lowest BCUT2D eigenvalue weighted by molar-refractivity contribution is -0.385. The van der Waals surface area contributed by atoms with Crippen molar-refractivity contribution >= 4 is 11.6 Å². The van der Waals surface area contributed by atoms with Crippen LogP contribution in [-0.2, 0) is 0 Å². The summed E-state index contributed by atoms with van der Waals surface area (Å²) >= 11 is 0. The number of nitro benzene ring substituents is 1. The number of nitrogens with two attached hydrogens (primary N) is 1. The van der Waals surface area contributed by atoms with Gasteiger partial charge < -0.3 is 10.6 Å². The van der Waals surface area contributed by atoms with Crippen LogP contribution < -0.4 is 5.73 Å². The van der Waals surface area contributed by atoms with Crippen molar-refractivity contribution in [1.82, 2.24) is 4.90 Å². The number of hydrogen-bond acceptors (Lipinski definition) is 4. The summed E-state index contributed by atoms with van der Waals surface area (Å²) in [6.07, 6.45) is 0. The van der Waals surface area contributed by atoms with Crippen LogP contribution in [0.2, 0.25) is 0 Å². The molecule has 0 aliphatic carbocycles. The average Bonchev–Trinajstić information content (AvgIpc) is 2.28. The Hall–Kier alpha value is -2.02. The van der Waals surface area contributed by atoms with Gasteiger partial charge in [-0.3, -0.25) is 14.9 Å². The molecule has 1 amide bonds. The van der Waals surface area contributed by atoms with Crippen molar-refractivity contribution in [3.8, 4) is 0 Å². The molecular formula is C10H12FN3O3. The van der Waals surface area contributed by atoms with Crippen molar-refractivity contribution in [3.05, 3.63) is 39.7 Å². The van der Waals surface area contributed by atoms with E-state index in [9.17, 15) is 19.3 Å². The van der Waals surface area contributed by atoms with Gasteiger partial charge in [0.15, 0.2) is 0 Å². The summed E-state index contributed by atoms with van der Waals surface area (Å²) < 4.78 is 13.5. The van der Waals surface area contributed by atoms with Gasteiger partial charge in [-0.15, -0.1) is 0 Å². The Morgan fingerprint density at radius 2 is 2.24 bits per heavy atom. The van der Waals surface area contributed by atoms with Gasteiger partial charge in [0.25, 0.3) is 11.6 Å². The molecule has 0 atom stereocenters. The number of benzene rings is 1. The number of nitro groups is 1. The quantitative estimate of drug-likeness (QED) is 0.622. The van der Waals surface area contributed by atoms with Crippen LogP contribution in [0.25, 0.3) is 0 Å². The first kappa shape index (κ1) is 13.0. The van der Waals surface area contributed by atoms with Crippen LogP contribution in [0.3, 0.4) is 0 Å². The highest BCUT2D eigenvalue weighted by Gasteiger charge is 2.18. The van der Waals surface area contributed by atoms with E-state index in [4.69, 9.17) is 5.73 Å². The molecule has 6 nitrogen and oxygen atoms in total. The molecule has 0 unspecified atom stereocenters. The van der Waals surface area contributed by atoms with E-state index in [-0.39, 0.29) is 24.3 Å². The molecule has 0 spiro atoms. The summed E-state index contributed by atoms with van der Waals surface area (Å²) in [4.78, 5) is 22.6. The second-order valence-electron chi connectivity index (χ2n) is 3.44. The topological polar surface area (TPSA) is 89.5 Å². The Balaban J connectivity index is 3.00. The van der Waals surface area contributed by atoms with Crippen molar-refractivity contribution in [3.63, 3.8) is 0 Å². The molecule has 2 N–H and O–H groups in total. The minimum absolute atomic E-state index is 0.202. The Kier molecular flexibility index (Phi) is 4.11. The second-order valence-corrected chi connectivity index (χ2v) is 3.44. The minimum atomic E-state index is -0.909. The van der Waals surface area contributed by atoms with E-state index in [0.29, 0.717) is 0 Å². The molecule has 0 saturated heterocycles. The van der Waals surface area contributed by atoms with E-state index in [1.54, 1.807) is 0 Å². The maximum absolute atomic E-state index is 13.5. The van der Waals surface area contributed by atoms with Gasteiger partial charge in [0.1, 0.15) is 5.82 Å². The third kappa shape index (κ3) is 2.97. The molecule has 1 rings (SSSR count). The van der Waals surface area contributed by atoms with E-state index in [1.807, 2.05) is 0 Å². The zero-order chi connectivity index (χ0) is 13.0. The van der Waals surface area contributed by atoms with Gasteiger partial charge >= 0.3 is 0 Å². The predicted molar refractivity (Wildman–Crippen MR) is 59.1 cm³/mol. The standard InChI is InChI=1S/C10H12FN3O3/c1-13(5-4-12)10(15)8-3-2-7(14(16)17)6-9(8)11/h2-3,6H,4-5,12H2,1H3. The number of carbonyl (C=O) groups excluding carboxylic acids is 1. The molecule has 92 valence electrons. The number of rotatable bonds is 4. The molecule has 0 heterocycles. The average molecular weight is 241 g/mol. The van der Waals surface area contributed by atoms with E-state index in [1.165, 1.54) is 11.9 Å². The number of carbonyl (C=O) groups is 1. The molecular weight excluding hydrogens is 229 g/mol. The van der Waals surface area contributed by atoms with Crippen LogP contribution in [0.5, 0.6) is 0 Å². The lowest BCUT2D eigenvalue weighted by Gasteiger charge is -2.16. The molecule has 0 fully saturated rings. The van der Waals surface area contributed by atoms with Crippen LogP contribution in [0, 0.1) is 15.9 Å².